The molecule has 0 saturated carbocycles. The predicted molar refractivity (Wildman–Crippen MR) is 151 cm³/mol. The molecule has 2 saturated heterocycles. The van der Waals surface area contributed by atoms with Crippen LogP contribution >= 0.6 is 0 Å². The van der Waals surface area contributed by atoms with Gasteiger partial charge < -0.3 is 24.4 Å². The van der Waals surface area contributed by atoms with Crippen molar-refractivity contribution in [2.24, 2.45) is 0 Å². The van der Waals surface area contributed by atoms with Crippen LogP contribution in [0.3, 0.4) is 0 Å². The van der Waals surface area contributed by atoms with E-state index in [9.17, 15) is 4.79 Å². The highest BCUT2D eigenvalue weighted by molar-refractivity contribution is 5.93. The zero-order valence-electron chi connectivity index (χ0n) is 23.1. The largest absolute Gasteiger partial charge is 0.372 e. The molecule has 2 fully saturated rings. The number of hydrogen-bond donors (Lipinski definition) is 1. The Labute approximate surface area is 228 Å². The minimum atomic E-state index is 0.218. The van der Waals surface area contributed by atoms with Gasteiger partial charge in [-0.25, -0.2) is 14.3 Å². The highest BCUT2D eigenvalue weighted by atomic mass is 16.5. The van der Waals surface area contributed by atoms with Gasteiger partial charge in [-0.15, -0.1) is 0 Å². The van der Waals surface area contributed by atoms with E-state index >= 15 is 0 Å². The van der Waals surface area contributed by atoms with Gasteiger partial charge in [-0.2, -0.15) is 5.10 Å². The first-order valence-corrected chi connectivity index (χ1v) is 14.3. The van der Waals surface area contributed by atoms with Gasteiger partial charge in [-0.3, -0.25) is 0 Å². The number of fused-ring (bicyclic) bond motifs is 4. The van der Waals surface area contributed by atoms with Gasteiger partial charge in [0.05, 0.1) is 18.9 Å². The molecule has 3 aliphatic rings. The molecule has 3 aliphatic heterocycles. The Morgan fingerprint density at radius 1 is 1.03 bits per heavy atom. The Kier molecular flexibility index (Phi) is 6.08. The summed E-state index contributed by atoms with van der Waals surface area (Å²) in [6.45, 7) is 10.9. The number of amides is 2. The van der Waals surface area contributed by atoms with Gasteiger partial charge in [0, 0.05) is 67.5 Å². The van der Waals surface area contributed by atoms with E-state index < -0.39 is 0 Å². The molecule has 204 valence electrons. The maximum absolute atomic E-state index is 13.1. The van der Waals surface area contributed by atoms with Crippen LogP contribution in [0.2, 0.25) is 0 Å². The molecule has 7 rings (SSSR count). The van der Waals surface area contributed by atoms with Crippen molar-refractivity contribution in [3.05, 3.63) is 53.0 Å². The highest BCUT2D eigenvalue weighted by Gasteiger charge is 2.30. The average Bonchev–Trinajstić information content (AvgIpc) is 3.70. The standard InChI is InChI=1S/C30H37N7O2/c1-19(2)27-22-14-21(20-6-8-35(9-7-20)30(38)36-12-10-34(3)11-13-36)4-5-26(22)33-28(27)23-15-37-29(31-18-32-37)25-17-39-16-24(23)25/h4-5,14-15,18-20,33H,6-13,16-17H2,1-3H3. The molecule has 0 atom stereocenters. The molecule has 4 aromatic rings. The maximum Gasteiger partial charge on any atom is 0.320 e. The van der Waals surface area contributed by atoms with Crippen LogP contribution in [0.15, 0.2) is 30.7 Å². The second kappa shape index (κ2) is 9.64. The number of aromatic nitrogens is 4. The van der Waals surface area contributed by atoms with Crippen molar-refractivity contribution in [1.82, 2.24) is 34.3 Å². The van der Waals surface area contributed by atoms with Crippen molar-refractivity contribution in [1.29, 1.82) is 0 Å². The van der Waals surface area contributed by atoms with Gasteiger partial charge in [0.15, 0.2) is 5.65 Å². The van der Waals surface area contributed by atoms with Crippen LogP contribution in [-0.4, -0.2) is 86.6 Å². The van der Waals surface area contributed by atoms with Crippen LogP contribution in [0.5, 0.6) is 0 Å². The van der Waals surface area contributed by atoms with E-state index in [0.717, 1.165) is 80.1 Å². The number of nitrogens with zero attached hydrogens (tertiary/aromatic N) is 6. The van der Waals surface area contributed by atoms with Crippen LogP contribution in [0, 0.1) is 0 Å². The van der Waals surface area contributed by atoms with Gasteiger partial charge >= 0.3 is 6.03 Å². The number of piperidine rings is 1. The summed E-state index contributed by atoms with van der Waals surface area (Å²) in [5, 5.41) is 5.73. The van der Waals surface area contributed by atoms with E-state index in [-0.39, 0.29) is 6.03 Å². The molecule has 2 amide bonds. The highest BCUT2D eigenvalue weighted by Crippen LogP contribution is 2.41. The lowest BCUT2D eigenvalue weighted by molar-refractivity contribution is 0.113. The predicted octanol–water partition coefficient (Wildman–Crippen LogP) is 4.58. The molecule has 0 bridgehead atoms. The minimum absolute atomic E-state index is 0.218. The van der Waals surface area contributed by atoms with Gasteiger partial charge in [0.25, 0.3) is 0 Å². The second-order valence-corrected chi connectivity index (χ2v) is 11.7. The summed E-state index contributed by atoms with van der Waals surface area (Å²) in [5.74, 6) is 0.810. The maximum atomic E-state index is 13.1. The summed E-state index contributed by atoms with van der Waals surface area (Å²) in [7, 11) is 2.12. The number of piperazine rings is 1. The number of nitrogens with one attached hydrogen (secondary N) is 1. The fourth-order valence-corrected chi connectivity index (χ4v) is 6.74. The lowest BCUT2D eigenvalue weighted by atomic mass is 9.87. The number of carbonyl (C=O) groups excluding carboxylic acids is 1. The Bertz CT molecular complexity index is 1540. The Balaban J connectivity index is 1.17. The fraction of sp³-hybridized carbons (Fsp3) is 0.500. The number of benzene rings is 1. The van der Waals surface area contributed by atoms with Gasteiger partial charge in [-0.05, 0) is 60.5 Å². The van der Waals surface area contributed by atoms with Crippen LogP contribution in [0.25, 0.3) is 27.8 Å². The topological polar surface area (TPSA) is 82.0 Å². The number of H-pyrrole nitrogens is 1. The normalized spacial score (nSPS) is 19.1. The molecule has 6 heterocycles. The zero-order chi connectivity index (χ0) is 26.7. The summed E-state index contributed by atoms with van der Waals surface area (Å²) in [5.41, 5.74) is 9.41. The van der Waals surface area contributed by atoms with Crippen molar-refractivity contribution in [2.75, 3.05) is 46.3 Å². The summed E-state index contributed by atoms with van der Waals surface area (Å²) < 4.78 is 7.74. The Morgan fingerprint density at radius 2 is 1.77 bits per heavy atom. The van der Waals surface area contributed by atoms with Crippen molar-refractivity contribution >= 4 is 22.6 Å². The summed E-state index contributed by atoms with van der Waals surface area (Å²) in [6, 6.07) is 7.14. The van der Waals surface area contributed by atoms with E-state index in [0.29, 0.717) is 25.0 Å². The third-order valence-corrected chi connectivity index (χ3v) is 9.00. The van der Waals surface area contributed by atoms with Crippen LogP contribution in [0.1, 0.15) is 60.8 Å². The first-order valence-electron chi connectivity index (χ1n) is 14.3. The van der Waals surface area contributed by atoms with Crippen LogP contribution in [-0.2, 0) is 18.0 Å². The van der Waals surface area contributed by atoms with Crippen molar-refractivity contribution < 1.29 is 9.53 Å². The number of rotatable bonds is 3. The number of aromatic amines is 1. The van der Waals surface area contributed by atoms with E-state index in [1.165, 1.54) is 22.1 Å². The molecular weight excluding hydrogens is 490 g/mol. The first kappa shape index (κ1) is 24.6. The van der Waals surface area contributed by atoms with Gasteiger partial charge in [0.2, 0.25) is 0 Å². The van der Waals surface area contributed by atoms with Gasteiger partial charge in [-0.1, -0.05) is 19.9 Å². The smallest absolute Gasteiger partial charge is 0.320 e. The number of urea groups is 1. The number of likely N-dealkylation sites (N-methyl/N-ethyl adjacent to an activating group) is 1. The van der Waals surface area contributed by atoms with Gasteiger partial charge in [0.1, 0.15) is 6.33 Å². The number of likely N-dealkylation sites (tertiary alicyclic amines) is 1. The molecular formula is C30H37N7O2. The number of ether oxygens (including phenoxy) is 1. The minimum Gasteiger partial charge on any atom is -0.372 e. The Hall–Kier alpha value is -3.43. The average molecular weight is 528 g/mol. The lowest BCUT2D eigenvalue weighted by Crippen LogP contribution is -2.53. The molecule has 1 N–H and O–H groups in total. The molecule has 39 heavy (non-hydrogen) atoms. The van der Waals surface area contributed by atoms with Crippen LogP contribution in [0.4, 0.5) is 4.79 Å². The van der Waals surface area contributed by atoms with E-state index in [2.05, 4.69) is 70.2 Å². The molecule has 1 aromatic carbocycles. The zero-order valence-corrected chi connectivity index (χ0v) is 23.1. The molecule has 0 radical (unpaired) electrons. The van der Waals surface area contributed by atoms with E-state index in [1.54, 1.807) is 6.33 Å². The number of pyridine rings is 1. The van der Waals surface area contributed by atoms with Crippen molar-refractivity contribution in [2.45, 2.75) is 51.7 Å². The third-order valence-electron chi connectivity index (χ3n) is 9.00. The molecule has 0 aliphatic carbocycles. The number of carbonyl (C=O) groups is 1. The summed E-state index contributed by atoms with van der Waals surface area (Å²) in [4.78, 5) is 27.7. The summed E-state index contributed by atoms with van der Waals surface area (Å²) in [6.07, 6.45) is 5.73. The van der Waals surface area contributed by atoms with E-state index in [4.69, 9.17) is 4.74 Å². The first-order chi connectivity index (χ1) is 19.0. The molecule has 0 spiro atoms. The van der Waals surface area contributed by atoms with Crippen LogP contribution < -0.4 is 0 Å². The monoisotopic (exact) mass is 527 g/mol. The van der Waals surface area contributed by atoms with Crippen molar-refractivity contribution in [3.8, 4) is 11.3 Å². The summed E-state index contributed by atoms with van der Waals surface area (Å²) >= 11 is 0. The third kappa shape index (κ3) is 4.19. The fourth-order valence-electron chi connectivity index (χ4n) is 6.74. The SMILES string of the molecule is CC(C)c1c(-c2cn3ncnc3c3c2COC3)[nH]c2ccc(C3CCN(C(=O)N4CCN(C)CC4)CC3)cc12. The molecule has 9 heteroatoms. The second-order valence-electron chi connectivity index (χ2n) is 11.7. The van der Waals surface area contributed by atoms with Crippen molar-refractivity contribution in [3.63, 3.8) is 0 Å². The Morgan fingerprint density at radius 3 is 2.54 bits per heavy atom. The number of hydrogen-bond acceptors (Lipinski definition) is 5. The molecule has 3 aromatic heterocycles. The van der Waals surface area contributed by atoms with E-state index in [1.807, 2.05) is 9.42 Å². The quantitative estimate of drug-likeness (QED) is 0.422. The molecule has 9 nitrogen and oxygen atoms in total. The molecule has 0 unspecified atom stereocenters. The lowest BCUT2D eigenvalue weighted by Gasteiger charge is -2.39.